The average molecular weight is 195 g/mol. The third kappa shape index (κ3) is 7.78. The number of nitrogens with zero attached hydrogens (tertiary/aromatic N) is 1. The van der Waals surface area contributed by atoms with E-state index in [2.05, 4.69) is 24.9 Å². The van der Waals surface area contributed by atoms with E-state index in [0.29, 0.717) is 0 Å². The SMILES string of the molecule is CC.CC.CCCc1cc(C)ccn1. The van der Waals surface area contributed by atoms with Crippen molar-refractivity contribution in [3.05, 3.63) is 29.6 Å². The minimum absolute atomic E-state index is 1.10. The van der Waals surface area contributed by atoms with E-state index in [9.17, 15) is 0 Å². The van der Waals surface area contributed by atoms with E-state index in [0.717, 1.165) is 6.42 Å². The van der Waals surface area contributed by atoms with Crippen molar-refractivity contribution in [3.8, 4) is 0 Å². The van der Waals surface area contributed by atoms with E-state index >= 15 is 0 Å². The Labute approximate surface area is 89.6 Å². The second-order valence-electron chi connectivity index (χ2n) is 2.57. The molecule has 1 rings (SSSR count). The molecular weight excluding hydrogens is 170 g/mol. The van der Waals surface area contributed by atoms with E-state index in [1.165, 1.54) is 17.7 Å². The number of hydrogen-bond donors (Lipinski definition) is 0. The molecule has 1 aromatic rings. The van der Waals surface area contributed by atoms with Gasteiger partial charge in [-0.25, -0.2) is 0 Å². The van der Waals surface area contributed by atoms with Gasteiger partial charge in [-0.15, -0.1) is 0 Å². The molecule has 0 aliphatic carbocycles. The Balaban J connectivity index is 0. The summed E-state index contributed by atoms with van der Waals surface area (Å²) in [6.45, 7) is 12.3. The number of aromatic nitrogens is 1. The molecule has 1 heterocycles. The van der Waals surface area contributed by atoms with Gasteiger partial charge in [0, 0.05) is 11.9 Å². The zero-order chi connectivity index (χ0) is 11.4. The fourth-order valence-corrected chi connectivity index (χ4v) is 0.992. The Hall–Kier alpha value is -0.850. The van der Waals surface area contributed by atoms with E-state index in [4.69, 9.17) is 0 Å². The molecule has 0 spiro atoms. The van der Waals surface area contributed by atoms with Crippen LogP contribution in [0.15, 0.2) is 18.3 Å². The molecule has 1 aromatic heterocycles. The molecule has 0 unspecified atom stereocenters. The minimum Gasteiger partial charge on any atom is -0.261 e. The first kappa shape index (κ1) is 15.6. The molecular formula is C13H25N. The normalized spacial score (nSPS) is 7.86. The highest BCUT2D eigenvalue weighted by molar-refractivity contribution is 5.14. The van der Waals surface area contributed by atoms with Crippen LogP contribution in [0.2, 0.25) is 0 Å². The number of hydrogen-bond acceptors (Lipinski definition) is 1. The Morgan fingerprint density at radius 2 is 1.71 bits per heavy atom. The fraction of sp³-hybridized carbons (Fsp3) is 0.615. The lowest BCUT2D eigenvalue weighted by atomic mass is 10.2. The lowest BCUT2D eigenvalue weighted by Gasteiger charge is -1.96. The molecule has 0 amide bonds. The summed E-state index contributed by atoms with van der Waals surface area (Å²) in [6.07, 6.45) is 4.15. The van der Waals surface area contributed by atoms with Gasteiger partial charge in [0.15, 0.2) is 0 Å². The second kappa shape index (κ2) is 12.2. The van der Waals surface area contributed by atoms with Gasteiger partial charge in [-0.3, -0.25) is 4.98 Å². The zero-order valence-corrected chi connectivity index (χ0v) is 10.6. The maximum absolute atomic E-state index is 4.23. The highest BCUT2D eigenvalue weighted by atomic mass is 14.7. The van der Waals surface area contributed by atoms with Crippen LogP contribution >= 0.6 is 0 Å². The second-order valence-corrected chi connectivity index (χ2v) is 2.57. The van der Waals surface area contributed by atoms with Crippen LogP contribution in [-0.2, 0) is 6.42 Å². The quantitative estimate of drug-likeness (QED) is 0.682. The molecule has 82 valence electrons. The Kier molecular flexibility index (Phi) is 13.6. The van der Waals surface area contributed by atoms with Crippen LogP contribution in [0.1, 0.15) is 52.3 Å². The van der Waals surface area contributed by atoms with E-state index in [-0.39, 0.29) is 0 Å². The van der Waals surface area contributed by atoms with Crippen molar-refractivity contribution in [1.82, 2.24) is 4.98 Å². The molecule has 0 aliphatic heterocycles. The molecule has 14 heavy (non-hydrogen) atoms. The summed E-state index contributed by atoms with van der Waals surface area (Å²) in [5.41, 5.74) is 2.51. The van der Waals surface area contributed by atoms with Gasteiger partial charge in [-0.05, 0) is 31.0 Å². The first-order valence-electron chi connectivity index (χ1n) is 5.74. The van der Waals surface area contributed by atoms with Crippen molar-refractivity contribution >= 4 is 0 Å². The third-order valence-corrected chi connectivity index (χ3v) is 1.48. The van der Waals surface area contributed by atoms with Crippen LogP contribution < -0.4 is 0 Å². The van der Waals surface area contributed by atoms with Crippen LogP contribution in [0.4, 0.5) is 0 Å². The first-order valence-corrected chi connectivity index (χ1v) is 5.74. The maximum atomic E-state index is 4.23. The van der Waals surface area contributed by atoms with Gasteiger partial charge < -0.3 is 0 Å². The van der Waals surface area contributed by atoms with Crippen LogP contribution in [0, 0.1) is 6.92 Å². The molecule has 0 N–H and O–H groups in total. The Morgan fingerprint density at radius 1 is 1.14 bits per heavy atom. The lowest BCUT2D eigenvalue weighted by molar-refractivity contribution is 0.880. The molecule has 0 fully saturated rings. The summed E-state index contributed by atoms with van der Waals surface area (Å²) in [4.78, 5) is 4.23. The molecule has 1 heteroatoms. The van der Waals surface area contributed by atoms with Crippen molar-refractivity contribution in [2.75, 3.05) is 0 Å². The predicted molar refractivity (Wildman–Crippen MR) is 65.7 cm³/mol. The van der Waals surface area contributed by atoms with Crippen LogP contribution in [-0.4, -0.2) is 4.98 Å². The van der Waals surface area contributed by atoms with E-state index in [1.807, 2.05) is 40.0 Å². The smallest absolute Gasteiger partial charge is 0.0406 e. The highest BCUT2D eigenvalue weighted by Crippen LogP contribution is 2.01. The minimum atomic E-state index is 1.10. The standard InChI is InChI=1S/C9H13N.2C2H6/c1-3-4-9-7-8(2)5-6-10-9;2*1-2/h5-7H,3-4H2,1-2H3;2*1-2H3. The van der Waals surface area contributed by atoms with Gasteiger partial charge in [0.2, 0.25) is 0 Å². The fourth-order valence-electron chi connectivity index (χ4n) is 0.992. The summed E-state index contributed by atoms with van der Waals surface area (Å²) in [5.74, 6) is 0. The van der Waals surface area contributed by atoms with Gasteiger partial charge in [0.25, 0.3) is 0 Å². The van der Waals surface area contributed by atoms with Crippen LogP contribution in [0.5, 0.6) is 0 Å². The van der Waals surface area contributed by atoms with Crippen molar-refractivity contribution in [2.45, 2.75) is 54.4 Å². The number of pyridine rings is 1. The third-order valence-electron chi connectivity index (χ3n) is 1.48. The molecule has 0 saturated heterocycles. The molecule has 0 atom stereocenters. The molecule has 1 nitrogen and oxygen atoms in total. The largest absolute Gasteiger partial charge is 0.261 e. The summed E-state index contributed by atoms with van der Waals surface area (Å²) >= 11 is 0. The zero-order valence-electron chi connectivity index (χ0n) is 10.6. The first-order chi connectivity index (χ1) is 6.83. The molecule has 0 aliphatic rings. The van der Waals surface area contributed by atoms with Crippen LogP contribution in [0.25, 0.3) is 0 Å². The summed E-state index contributed by atoms with van der Waals surface area (Å²) in [6, 6.07) is 4.17. The number of aryl methyl sites for hydroxylation is 2. The molecule has 0 radical (unpaired) electrons. The Morgan fingerprint density at radius 3 is 2.14 bits per heavy atom. The average Bonchev–Trinajstić information content (AvgIpc) is 2.24. The van der Waals surface area contributed by atoms with Gasteiger partial charge in [0.1, 0.15) is 0 Å². The van der Waals surface area contributed by atoms with Gasteiger partial charge in [0.05, 0.1) is 0 Å². The summed E-state index contributed by atoms with van der Waals surface area (Å²) in [5, 5.41) is 0. The number of rotatable bonds is 2. The summed E-state index contributed by atoms with van der Waals surface area (Å²) in [7, 11) is 0. The lowest BCUT2D eigenvalue weighted by Crippen LogP contribution is -1.87. The highest BCUT2D eigenvalue weighted by Gasteiger charge is 1.90. The van der Waals surface area contributed by atoms with Crippen molar-refractivity contribution < 1.29 is 0 Å². The van der Waals surface area contributed by atoms with Crippen LogP contribution in [0.3, 0.4) is 0 Å². The summed E-state index contributed by atoms with van der Waals surface area (Å²) < 4.78 is 0. The van der Waals surface area contributed by atoms with Gasteiger partial charge >= 0.3 is 0 Å². The van der Waals surface area contributed by atoms with Gasteiger partial charge in [-0.2, -0.15) is 0 Å². The predicted octanol–water partition coefficient (Wildman–Crippen LogP) is 4.39. The molecule has 0 saturated carbocycles. The monoisotopic (exact) mass is 195 g/mol. The maximum Gasteiger partial charge on any atom is 0.0406 e. The topological polar surface area (TPSA) is 12.9 Å². The van der Waals surface area contributed by atoms with E-state index < -0.39 is 0 Å². The van der Waals surface area contributed by atoms with Crippen molar-refractivity contribution in [3.63, 3.8) is 0 Å². The molecule has 0 aromatic carbocycles. The van der Waals surface area contributed by atoms with Crippen molar-refractivity contribution in [1.29, 1.82) is 0 Å². The molecule has 0 bridgehead atoms. The van der Waals surface area contributed by atoms with Gasteiger partial charge in [-0.1, -0.05) is 41.0 Å². The van der Waals surface area contributed by atoms with E-state index in [1.54, 1.807) is 0 Å². The van der Waals surface area contributed by atoms with Crippen molar-refractivity contribution in [2.24, 2.45) is 0 Å². The Bertz CT molecular complexity index is 206.